The van der Waals surface area contributed by atoms with Crippen LogP contribution in [-0.2, 0) is 20.0 Å². The molecule has 104 valence electrons. The molecule has 0 aliphatic heterocycles. The third-order valence-corrected chi connectivity index (χ3v) is 4.21. The molecule has 0 spiro atoms. The Balaban J connectivity index is 2.00. The number of aryl methyl sites for hydroxylation is 2. The fourth-order valence-corrected chi connectivity index (χ4v) is 2.95. The Morgan fingerprint density at radius 1 is 1.42 bits per heavy atom. The summed E-state index contributed by atoms with van der Waals surface area (Å²) in [4.78, 5) is 4.54. The van der Waals surface area contributed by atoms with Gasteiger partial charge >= 0.3 is 0 Å². The molecule has 1 aliphatic rings. The summed E-state index contributed by atoms with van der Waals surface area (Å²) >= 11 is 0. The zero-order valence-electron chi connectivity index (χ0n) is 12.1. The number of hydrogen-bond acceptors (Lipinski definition) is 3. The van der Waals surface area contributed by atoms with E-state index < -0.39 is 0 Å². The standard InChI is InChI=1S/C14H23N5/c1-4-5-11-12-13(18(3)17-11)19(14(15)16-12)8-9(2)10-6-7-10/h9-10H,4-8H2,1-3H3,(H2,15,16). The number of imidazole rings is 1. The normalized spacial score (nSPS) is 17.2. The molecule has 0 saturated heterocycles. The molecule has 1 aliphatic carbocycles. The van der Waals surface area contributed by atoms with E-state index in [-0.39, 0.29) is 0 Å². The third kappa shape index (κ3) is 2.11. The molecular formula is C14H23N5. The maximum atomic E-state index is 6.11. The molecule has 0 bridgehead atoms. The van der Waals surface area contributed by atoms with Gasteiger partial charge in [0, 0.05) is 13.6 Å². The van der Waals surface area contributed by atoms with Crippen LogP contribution in [-0.4, -0.2) is 19.3 Å². The van der Waals surface area contributed by atoms with Crippen LogP contribution < -0.4 is 5.73 Å². The topological polar surface area (TPSA) is 61.7 Å². The number of nitrogen functional groups attached to an aromatic ring is 1. The molecule has 0 aromatic carbocycles. The molecule has 3 rings (SSSR count). The Morgan fingerprint density at radius 2 is 2.16 bits per heavy atom. The van der Waals surface area contributed by atoms with Gasteiger partial charge in [-0.25, -0.2) is 4.98 Å². The van der Waals surface area contributed by atoms with Crippen molar-refractivity contribution in [2.45, 2.75) is 46.1 Å². The minimum atomic E-state index is 0.632. The molecule has 1 saturated carbocycles. The van der Waals surface area contributed by atoms with Crippen LogP contribution in [0, 0.1) is 11.8 Å². The van der Waals surface area contributed by atoms with E-state index in [1.807, 2.05) is 11.7 Å². The van der Waals surface area contributed by atoms with E-state index in [1.54, 1.807) is 0 Å². The molecule has 2 heterocycles. The molecule has 1 atom stereocenters. The fraction of sp³-hybridized carbons (Fsp3) is 0.714. The highest BCUT2D eigenvalue weighted by molar-refractivity contribution is 5.77. The second kappa shape index (κ2) is 4.54. The average molecular weight is 261 g/mol. The average Bonchev–Trinajstić information content (AvgIpc) is 3.10. The first-order valence-electron chi connectivity index (χ1n) is 7.29. The largest absolute Gasteiger partial charge is 0.369 e. The summed E-state index contributed by atoms with van der Waals surface area (Å²) in [7, 11) is 1.99. The van der Waals surface area contributed by atoms with E-state index in [1.165, 1.54) is 12.8 Å². The molecule has 1 unspecified atom stereocenters. The lowest BCUT2D eigenvalue weighted by Crippen LogP contribution is -2.13. The van der Waals surface area contributed by atoms with E-state index in [0.717, 1.165) is 42.2 Å². The quantitative estimate of drug-likeness (QED) is 0.898. The summed E-state index contributed by atoms with van der Waals surface area (Å²) in [5.74, 6) is 2.18. The van der Waals surface area contributed by atoms with Gasteiger partial charge in [-0.15, -0.1) is 0 Å². The van der Waals surface area contributed by atoms with Crippen molar-refractivity contribution >= 4 is 17.1 Å². The van der Waals surface area contributed by atoms with Crippen molar-refractivity contribution < 1.29 is 0 Å². The second-order valence-corrected chi connectivity index (χ2v) is 5.89. The van der Waals surface area contributed by atoms with Gasteiger partial charge in [-0.2, -0.15) is 5.10 Å². The maximum Gasteiger partial charge on any atom is 0.202 e. The summed E-state index contributed by atoms with van der Waals surface area (Å²) in [5, 5.41) is 4.59. The lowest BCUT2D eigenvalue weighted by molar-refractivity contribution is 0.435. The fourth-order valence-electron chi connectivity index (χ4n) is 2.95. The number of nitrogens with two attached hydrogens (primary N) is 1. The van der Waals surface area contributed by atoms with Gasteiger partial charge in [-0.3, -0.25) is 9.25 Å². The van der Waals surface area contributed by atoms with Crippen LogP contribution in [0.25, 0.3) is 11.2 Å². The van der Waals surface area contributed by atoms with E-state index in [0.29, 0.717) is 11.9 Å². The second-order valence-electron chi connectivity index (χ2n) is 5.89. The number of fused-ring (bicyclic) bond motifs is 1. The number of anilines is 1. The molecule has 1 fully saturated rings. The molecule has 2 aromatic heterocycles. The van der Waals surface area contributed by atoms with Crippen molar-refractivity contribution in [1.29, 1.82) is 0 Å². The highest BCUT2D eigenvalue weighted by Gasteiger charge is 2.29. The van der Waals surface area contributed by atoms with Crippen molar-refractivity contribution in [2.75, 3.05) is 5.73 Å². The number of aromatic nitrogens is 4. The van der Waals surface area contributed by atoms with E-state index in [4.69, 9.17) is 5.73 Å². The summed E-state index contributed by atoms with van der Waals surface area (Å²) in [6, 6.07) is 0. The van der Waals surface area contributed by atoms with Crippen LogP contribution in [0.1, 0.15) is 38.8 Å². The van der Waals surface area contributed by atoms with E-state index in [9.17, 15) is 0 Å². The molecule has 2 aromatic rings. The van der Waals surface area contributed by atoms with Gasteiger partial charge in [0.05, 0.1) is 5.69 Å². The van der Waals surface area contributed by atoms with Gasteiger partial charge in [0.1, 0.15) is 5.52 Å². The Labute approximate surface area is 113 Å². The van der Waals surface area contributed by atoms with Crippen LogP contribution in [0.3, 0.4) is 0 Å². The zero-order valence-corrected chi connectivity index (χ0v) is 12.1. The molecule has 5 heteroatoms. The lowest BCUT2D eigenvalue weighted by Gasteiger charge is -2.13. The van der Waals surface area contributed by atoms with E-state index >= 15 is 0 Å². The Hall–Kier alpha value is -1.52. The number of nitrogens with zero attached hydrogens (tertiary/aromatic N) is 4. The predicted octanol–water partition coefficient (Wildman–Crippen LogP) is 2.35. The lowest BCUT2D eigenvalue weighted by atomic mass is 10.1. The molecule has 5 nitrogen and oxygen atoms in total. The predicted molar refractivity (Wildman–Crippen MR) is 76.8 cm³/mol. The van der Waals surface area contributed by atoms with Gasteiger partial charge in [-0.05, 0) is 31.1 Å². The summed E-state index contributed by atoms with van der Waals surface area (Å²) in [6.07, 6.45) is 4.78. The van der Waals surface area contributed by atoms with Crippen molar-refractivity contribution in [1.82, 2.24) is 19.3 Å². The van der Waals surface area contributed by atoms with Crippen molar-refractivity contribution in [3.05, 3.63) is 5.69 Å². The molecule has 0 amide bonds. The van der Waals surface area contributed by atoms with Gasteiger partial charge in [-0.1, -0.05) is 20.3 Å². The van der Waals surface area contributed by atoms with Gasteiger partial charge in [0.2, 0.25) is 5.95 Å². The smallest absolute Gasteiger partial charge is 0.202 e. The minimum Gasteiger partial charge on any atom is -0.369 e. The SMILES string of the molecule is CCCc1nn(C)c2c1nc(N)n2CC(C)C1CC1. The van der Waals surface area contributed by atoms with Gasteiger partial charge in [0.15, 0.2) is 5.65 Å². The summed E-state index contributed by atoms with van der Waals surface area (Å²) in [6.45, 7) is 5.43. The molecular weight excluding hydrogens is 238 g/mol. The van der Waals surface area contributed by atoms with Crippen LogP contribution in [0.4, 0.5) is 5.95 Å². The number of hydrogen-bond donors (Lipinski definition) is 1. The highest BCUT2D eigenvalue weighted by atomic mass is 15.3. The molecule has 0 radical (unpaired) electrons. The first-order chi connectivity index (χ1) is 9.11. The Bertz CT molecular complexity index is 591. The van der Waals surface area contributed by atoms with Crippen molar-refractivity contribution in [3.8, 4) is 0 Å². The Kier molecular flexibility index (Phi) is 2.99. The van der Waals surface area contributed by atoms with E-state index in [2.05, 4.69) is 28.5 Å². The van der Waals surface area contributed by atoms with Crippen LogP contribution >= 0.6 is 0 Å². The maximum absolute atomic E-state index is 6.11. The molecule has 19 heavy (non-hydrogen) atoms. The number of rotatable bonds is 5. The first kappa shape index (κ1) is 12.5. The third-order valence-electron chi connectivity index (χ3n) is 4.21. The minimum absolute atomic E-state index is 0.632. The zero-order chi connectivity index (χ0) is 13.6. The Morgan fingerprint density at radius 3 is 2.79 bits per heavy atom. The van der Waals surface area contributed by atoms with Crippen LogP contribution in [0.2, 0.25) is 0 Å². The highest BCUT2D eigenvalue weighted by Crippen LogP contribution is 2.38. The van der Waals surface area contributed by atoms with Gasteiger partial charge < -0.3 is 5.73 Å². The first-order valence-corrected chi connectivity index (χ1v) is 7.29. The summed E-state index contributed by atoms with van der Waals surface area (Å²) in [5.41, 5.74) is 9.25. The van der Waals surface area contributed by atoms with Crippen molar-refractivity contribution in [3.63, 3.8) is 0 Å². The van der Waals surface area contributed by atoms with Gasteiger partial charge in [0.25, 0.3) is 0 Å². The molecule has 2 N–H and O–H groups in total. The van der Waals surface area contributed by atoms with Crippen LogP contribution in [0.5, 0.6) is 0 Å². The summed E-state index contributed by atoms with van der Waals surface area (Å²) < 4.78 is 4.08. The van der Waals surface area contributed by atoms with Crippen molar-refractivity contribution in [2.24, 2.45) is 18.9 Å². The monoisotopic (exact) mass is 261 g/mol. The van der Waals surface area contributed by atoms with Crippen LogP contribution in [0.15, 0.2) is 0 Å².